The second-order valence-corrected chi connectivity index (χ2v) is 4.45. The monoisotopic (exact) mass is 291 g/mol. The molecule has 3 aromatic rings. The number of rotatable bonds is 3. The van der Waals surface area contributed by atoms with Crippen LogP contribution in [0.15, 0.2) is 36.7 Å². The number of benzene rings is 1. The quantitative estimate of drug-likeness (QED) is 0.695. The number of methoxy groups -OCH3 is 1. The van der Waals surface area contributed by atoms with E-state index in [1.54, 1.807) is 24.5 Å². The van der Waals surface area contributed by atoms with Gasteiger partial charge in [-0.2, -0.15) is 0 Å². The standard InChI is InChI=1S/C14H11ClFN3O/c1-20-13-3-2-9(6-10(13)16)19-12-4-5-17-8-11(12)18-14(19)7-15/h2-6,8H,7H2,1H3. The molecular weight excluding hydrogens is 281 g/mol. The van der Waals surface area contributed by atoms with Crippen LogP contribution in [0, 0.1) is 5.82 Å². The van der Waals surface area contributed by atoms with Crippen molar-refractivity contribution in [3.05, 3.63) is 48.3 Å². The fourth-order valence-electron chi connectivity index (χ4n) is 2.15. The summed E-state index contributed by atoms with van der Waals surface area (Å²) in [6.45, 7) is 0. The van der Waals surface area contributed by atoms with Gasteiger partial charge < -0.3 is 4.74 Å². The predicted octanol–water partition coefficient (Wildman–Crippen LogP) is 3.31. The van der Waals surface area contributed by atoms with Gasteiger partial charge in [-0.05, 0) is 18.2 Å². The maximum absolute atomic E-state index is 13.9. The number of alkyl halides is 1. The summed E-state index contributed by atoms with van der Waals surface area (Å²) in [5.41, 5.74) is 2.20. The number of aromatic nitrogens is 3. The van der Waals surface area contributed by atoms with E-state index in [1.165, 1.54) is 13.2 Å². The summed E-state index contributed by atoms with van der Waals surface area (Å²) in [6, 6.07) is 6.56. The first kappa shape index (κ1) is 12.9. The molecule has 0 bridgehead atoms. The molecule has 6 heteroatoms. The van der Waals surface area contributed by atoms with E-state index in [0.717, 1.165) is 11.0 Å². The average molecular weight is 292 g/mol. The number of hydrogen-bond donors (Lipinski definition) is 0. The molecule has 0 amide bonds. The SMILES string of the molecule is COc1ccc(-n2c(CCl)nc3cnccc32)cc1F. The van der Waals surface area contributed by atoms with Gasteiger partial charge in [-0.1, -0.05) is 0 Å². The third kappa shape index (κ3) is 2.00. The Morgan fingerprint density at radius 3 is 2.90 bits per heavy atom. The van der Waals surface area contributed by atoms with Crippen LogP contribution in [0.5, 0.6) is 5.75 Å². The van der Waals surface area contributed by atoms with Gasteiger partial charge in [0.1, 0.15) is 11.3 Å². The van der Waals surface area contributed by atoms with Gasteiger partial charge in [-0.25, -0.2) is 9.37 Å². The summed E-state index contributed by atoms with van der Waals surface area (Å²) in [5, 5.41) is 0. The van der Waals surface area contributed by atoms with Crippen molar-refractivity contribution in [3.8, 4) is 11.4 Å². The molecule has 0 saturated carbocycles. The van der Waals surface area contributed by atoms with Crippen LogP contribution in [0.4, 0.5) is 4.39 Å². The van der Waals surface area contributed by atoms with Gasteiger partial charge in [0.2, 0.25) is 0 Å². The molecule has 2 heterocycles. The topological polar surface area (TPSA) is 39.9 Å². The van der Waals surface area contributed by atoms with E-state index in [9.17, 15) is 4.39 Å². The lowest BCUT2D eigenvalue weighted by molar-refractivity contribution is 0.386. The highest BCUT2D eigenvalue weighted by Crippen LogP contribution is 2.25. The van der Waals surface area contributed by atoms with Crippen molar-refractivity contribution in [2.24, 2.45) is 0 Å². The molecule has 0 atom stereocenters. The molecule has 0 fully saturated rings. The Bertz CT molecular complexity index is 772. The van der Waals surface area contributed by atoms with Crippen molar-refractivity contribution in [2.75, 3.05) is 7.11 Å². The Labute approximate surface area is 119 Å². The molecule has 20 heavy (non-hydrogen) atoms. The first-order valence-electron chi connectivity index (χ1n) is 5.96. The molecule has 0 radical (unpaired) electrons. The minimum absolute atomic E-state index is 0.201. The minimum atomic E-state index is -0.429. The number of fused-ring (bicyclic) bond motifs is 1. The molecule has 0 aliphatic heterocycles. The van der Waals surface area contributed by atoms with Gasteiger partial charge in [-0.15, -0.1) is 11.6 Å². The zero-order chi connectivity index (χ0) is 14.1. The van der Waals surface area contributed by atoms with Crippen LogP contribution >= 0.6 is 11.6 Å². The van der Waals surface area contributed by atoms with Gasteiger partial charge >= 0.3 is 0 Å². The van der Waals surface area contributed by atoms with Crippen LogP contribution in [0.1, 0.15) is 5.82 Å². The van der Waals surface area contributed by atoms with E-state index in [1.807, 2.05) is 10.6 Å². The summed E-state index contributed by atoms with van der Waals surface area (Å²) in [6.07, 6.45) is 3.32. The molecular formula is C14H11ClFN3O. The lowest BCUT2D eigenvalue weighted by Crippen LogP contribution is -2.00. The van der Waals surface area contributed by atoms with Gasteiger partial charge in [0.05, 0.1) is 30.4 Å². The number of halogens is 2. The van der Waals surface area contributed by atoms with E-state index in [0.29, 0.717) is 11.5 Å². The van der Waals surface area contributed by atoms with Gasteiger partial charge in [0.25, 0.3) is 0 Å². The molecule has 1 aromatic carbocycles. The zero-order valence-electron chi connectivity index (χ0n) is 10.7. The fraction of sp³-hybridized carbons (Fsp3) is 0.143. The van der Waals surface area contributed by atoms with Crippen LogP contribution in [0.2, 0.25) is 0 Å². The minimum Gasteiger partial charge on any atom is -0.494 e. The van der Waals surface area contributed by atoms with Gasteiger partial charge in [0, 0.05) is 12.3 Å². The third-order valence-electron chi connectivity index (χ3n) is 3.04. The summed E-state index contributed by atoms with van der Waals surface area (Å²) < 4.78 is 20.6. The Hall–Kier alpha value is -2.14. The molecule has 102 valence electrons. The maximum atomic E-state index is 13.9. The van der Waals surface area contributed by atoms with Crippen molar-refractivity contribution in [1.82, 2.24) is 14.5 Å². The third-order valence-corrected chi connectivity index (χ3v) is 3.28. The number of ether oxygens (including phenoxy) is 1. The Morgan fingerprint density at radius 2 is 2.20 bits per heavy atom. The van der Waals surface area contributed by atoms with Crippen molar-refractivity contribution < 1.29 is 9.13 Å². The molecule has 0 unspecified atom stereocenters. The zero-order valence-corrected chi connectivity index (χ0v) is 11.4. The first-order valence-corrected chi connectivity index (χ1v) is 6.49. The summed E-state index contributed by atoms with van der Waals surface area (Å²) in [5.74, 6) is 0.635. The van der Waals surface area contributed by atoms with Gasteiger partial charge in [-0.3, -0.25) is 9.55 Å². The lowest BCUT2D eigenvalue weighted by Gasteiger charge is -2.09. The van der Waals surface area contributed by atoms with E-state index < -0.39 is 5.82 Å². The van der Waals surface area contributed by atoms with E-state index in [4.69, 9.17) is 16.3 Å². The number of nitrogens with zero attached hydrogens (tertiary/aromatic N) is 3. The largest absolute Gasteiger partial charge is 0.494 e. The molecule has 0 aliphatic carbocycles. The first-order chi connectivity index (χ1) is 9.74. The number of hydrogen-bond acceptors (Lipinski definition) is 3. The summed E-state index contributed by atoms with van der Waals surface area (Å²) >= 11 is 5.93. The lowest BCUT2D eigenvalue weighted by atomic mass is 10.2. The maximum Gasteiger partial charge on any atom is 0.167 e. The van der Waals surface area contributed by atoms with Crippen LogP contribution in [0.3, 0.4) is 0 Å². The second kappa shape index (κ2) is 5.09. The van der Waals surface area contributed by atoms with Crippen molar-refractivity contribution in [1.29, 1.82) is 0 Å². The Morgan fingerprint density at radius 1 is 1.35 bits per heavy atom. The normalized spacial score (nSPS) is 10.9. The van der Waals surface area contributed by atoms with E-state index >= 15 is 0 Å². The molecule has 0 saturated heterocycles. The van der Waals surface area contributed by atoms with Crippen LogP contribution in [0.25, 0.3) is 16.7 Å². The highest BCUT2D eigenvalue weighted by atomic mass is 35.5. The van der Waals surface area contributed by atoms with Crippen LogP contribution in [-0.2, 0) is 5.88 Å². The number of imidazole rings is 1. The molecule has 3 rings (SSSR count). The molecule has 4 nitrogen and oxygen atoms in total. The Balaban J connectivity index is 2.25. The van der Waals surface area contributed by atoms with Crippen molar-refractivity contribution in [3.63, 3.8) is 0 Å². The van der Waals surface area contributed by atoms with Crippen molar-refractivity contribution >= 4 is 22.6 Å². The van der Waals surface area contributed by atoms with E-state index in [2.05, 4.69) is 9.97 Å². The van der Waals surface area contributed by atoms with Crippen LogP contribution in [-0.4, -0.2) is 21.6 Å². The fourth-order valence-corrected chi connectivity index (χ4v) is 2.33. The molecule has 0 aliphatic rings. The van der Waals surface area contributed by atoms with Gasteiger partial charge in [0.15, 0.2) is 11.6 Å². The molecule has 0 N–H and O–H groups in total. The number of pyridine rings is 1. The Kier molecular flexibility index (Phi) is 3.28. The van der Waals surface area contributed by atoms with Crippen LogP contribution < -0.4 is 4.74 Å². The highest BCUT2D eigenvalue weighted by molar-refractivity contribution is 6.17. The second-order valence-electron chi connectivity index (χ2n) is 4.18. The van der Waals surface area contributed by atoms with E-state index in [-0.39, 0.29) is 11.6 Å². The molecule has 0 spiro atoms. The predicted molar refractivity (Wildman–Crippen MR) is 74.9 cm³/mol. The van der Waals surface area contributed by atoms with Crippen molar-refractivity contribution in [2.45, 2.75) is 5.88 Å². The smallest absolute Gasteiger partial charge is 0.167 e. The molecule has 2 aromatic heterocycles. The highest BCUT2D eigenvalue weighted by Gasteiger charge is 2.13. The summed E-state index contributed by atoms with van der Waals surface area (Å²) in [4.78, 5) is 8.42. The summed E-state index contributed by atoms with van der Waals surface area (Å²) in [7, 11) is 1.43. The average Bonchev–Trinajstić information content (AvgIpc) is 2.85.